The Kier molecular flexibility index (Phi) is 6.25. The standard InChI is InChI=1S/C18H16F2N6O4S/c1-31(29,30)26-14-6-13(20)12(19)5-11(14)17(27)23-16-7-15(24-25-16)18(28)22-9-10-3-2-4-21-8-10/h2-8,26H,9H2,1H3,(H,22,28)(H2,23,24,25,27). The summed E-state index contributed by atoms with van der Waals surface area (Å²) in [4.78, 5) is 28.6. The number of benzene rings is 1. The smallest absolute Gasteiger partial charge is 0.272 e. The van der Waals surface area contributed by atoms with E-state index in [-0.39, 0.29) is 18.1 Å². The molecule has 4 N–H and O–H groups in total. The minimum atomic E-state index is -3.87. The molecular weight excluding hydrogens is 434 g/mol. The van der Waals surface area contributed by atoms with Crippen molar-refractivity contribution in [3.63, 3.8) is 0 Å². The van der Waals surface area contributed by atoms with Crippen LogP contribution in [0, 0.1) is 11.6 Å². The van der Waals surface area contributed by atoms with Gasteiger partial charge in [-0.3, -0.25) is 24.4 Å². The highest BCUT2D eigenvalue weighted by molar-refractivity contribution is 7.92. The molecule has 162 valence electrons. The Bertz CT molecular complexity index is 1230. The van der Waals surface area contributed by atoms with Gasteiger partial charge in [0, 0.05) is 31.1 Å². The molecule has 0 saturated heterocycles. The third-order valence-corrected chi connectivity index (χ3v) is 4.43. The maximum Gasteiger partial charge on any atom is 0.272 e. The van der Waals surface area contributed by atoms with Gasteiger partial charge >= 0.3 is 0 Å². The molecule has 10 nitrogen and oxygen atoms in total. The first-order chi connectivity index (χ1) is 14.6. The molecule has 0 spiro atoms. The van der Waals surface area contributed by atoms with Gasteiger partial charge in [-0.25, -0.2) is 17.2 Å². The van der Waals surface area contributed by atoms with E-state index < -0.39 is 44.7 Å². The molecule has 2 aromatic heterocycles. The Labute approximate surface area is 175 Å². The van der Waals surface area contributed by atoms with Crippen molar-refractivity contribution in [2.75, 3.05) is 16.3 Å². The summed E-state index contributed by atoms with van der Waals surface area (Å²) in [6, 6.07) is 5.81. The lowest BCUT2D eigenvalue weighted by Gasteiger charge is -2.11. The molecular formula is C18H16F2N6O4S. The van der Waals surface area contributed by atoms with Gasteiger partial charge in [0.1, 0.15) is 5.82 Å². The Morgan fingerprint density at radius 1 is 1.13 bits per heavy atom. The summed E-state index contributed by atoms with van der Waals surface area (Å²) >= 11 is 0. The van der Waals surface area contributed by atoms with Gasteiger partial charge in [0.15, 0.2) is 17.3 Å². The normalized spacial score (nSPS) is 11.1. The largest absolute Gasteiger partial charge is 0.347 e. The summed E-state index contributed by atoms with van der Waals surface area (Å²) in [7, 11) is -3.87. The van der Waals surface area contributed by atoms with E-state index in [1.165, 1.54) is 6.07 Å². The number of carbonyl (C=O) groups excluding carboxylic acids is 2. The predicted molar refractivity (Wildman–Crippen MR) is 107 cm³/mol. The van der Waals surface area contributed by atoms with E-state index in [4.69, 9.17) is 0 Å². The molecule has 31 heavy (non-hydrogen) atoms. The fourth-order valence-electron chi connectivity index (χ4n) is 2.49. The van der Waals surface area contributed by atoms with E-state index in [1.54, 1.807) is 24.5 Å². The molecule has 2 amide bonds. The van der Waals surface area contributed by atoms with Gasteiger partial charge in [0.25, 0.3) is 11.8 Å². The SMILES string of the molecule is CS(=O)(=O)Nc1cc(F)c(F)cc1C(=O)Nc1cc(C(=O)NCc2cccnc2)n[nH]1. The van der Waals surface area contributed by atoms with Gasteiger partial charge in [0.05, 0.1) is 17.5 Å². The fourth-order valence-corrected chi connectivity index (χ4v) is 3.05. The first kappa shape index (κ1) is 21.8. The molecule has 0 fully saturated rings. The molecule has 0 unspecified atom stereocenters. The van der Waals surface area contributed by atoms with Crippen LogP contribution in [-0.2, 0) is 16.6 Å². The molecule has 0 bridgehead atoms. The van der Waals surface area contributed by atoms with Gasteiger partial charge in [-0.05, 0) is 17.7 Å². The quantitative estimate of drug-likeness (QED) is 0.430. The zero-order valence-corrected chi connectivity index (χ0v) is 16.8. The lowest BCUT2D eigenvalue weighted by atomic mass is 10.1. The van der Waals surface area contributed by atoms with Gasteiger partial charge in [-0.1, -0.05) is 6.07 Å². The maximum absolute atomic E-state index is 13.6. The number of H-pyrrole nitrogens is 1. The first-order valence-corrected chi connectivity index (χ1v) is 10.5. The third-order valence-electron chi connectivity index (χ3n) is 3.83. The van der Waals surface area contributed by atoms with Gasteiger partial charge in [-0.2, -0.15) is 5.10 Å². The number of hydrogen-bond donors (Lipinski definition) is 4. The van der Waals surface area contributed by atoms with Crippen molar-refractivity contribution < 1.29 is 26.8 Å². The molecule has 0 saturated carbocycles. The molecule has 0 atom stereocenters. The van der Waals surface area contributed by atoms with Crippen LogP contribution in [0.3, 0.4) is 0 Å². The Balaban J connectivity index is 1.72. The Morgan fingerprint density at radius 2 is 1.87 bits per heavy atom. The second-order valence-electron chi connectivity index (χ2n) is 6.35. The molecule has 13 heteroatoms. The molecule has 1 aromatic carbocycles. The van der Waals surface area contributed by atoms with Crippen LogP contribution in [0.5, 0.6) is 0 Å². The fraction of sp³-hybridized carbons (Fsp3) is 0.111. The minimum absolute atomic E-state index is 0.0217. The summed E-state index contributed by atoms with van der Waals surface area (Å²) in [5.41, 5.74) is -0.197. The number of amides is 2. The third kappa shape index (κ3) is 5.82. The molecule has 0 aliphatic rings. The van der Waals surface area contributed by atoms with Crippen molar-refractivity contribution in [2.24, 2.45) is 0 Å². The minimum Gasteiger partial charge on any atom is -0.347 e. The monoisotopic (exact) mass is 450 g/mol. The van der Waals surface area contributed by atoms with E-state index in [9.17, 15) is 26.8 Å². The number of halogens is 2. The van der Waals surface area contributed by atoms with Crippen LogP contribution >= 0.6 is 0 Å². The average Bonchev–Trinajstić information content (AvgIpc) is 3.17. The number of pyridine rings is 1. The predicted octanol–water partition coefficient (Wildman–Crippen LogP) is 1.64. The summed E-state index contributed by atoms with van der Waals surface area (Å²) in [6.45, 7) is 0.205. The number of carbonyl (C=O) groups is 2. The number of sulfonamides is 1. The lowest BCUT2D eigenvalue weighted by Crippen LogP contribution is -2.23. The highest BCUT2D eigenvalue weighted by atomic mass is 32.2. The van der Waals surface area contributed by atoms with E-state index in [1.807, 2.05) is 4.72 Å². The van der Waals surface area contributed by atoms with E-state index in [2.05, 4.69) is 25.8 Å². The summed E-state index contributed by atoms with van der Waals surface area (Å²) < 4.78 is 52.0. The maximum atomic E-state index is 13.6. The van der Waals surface area contributed by atoms with Crippen molar-refractivity contribution in [3.05, 3.63) is 71.2 Å². The number of nitrogens with one attached hydrogen (secondary N) is 4. The van der Waals surface area contributed by atoms with Gasteiger partial charge < -0.3 is 10.6 Å². The number of aromatic nitrogens is 3. The summed E-state index contributed by atoms with van der Waals surface area (Å²) in [6.07, 6.45) is 3.97. The topological polar surface area (TPSA) is 146 Å². The second kappa shape index (κ2) is 8.87. The number of anilines is 2. The van der Waals surface area contributed by atoms with Crippen LogP contribution in [0.2, 0.25) is 0 Å². The van der Waals surface area contributed by atoms with Gasteiger partial charge in [-0.15, -0.1) is 0 Å². The number of rotatable bonds is 7. The molecule has 3 rings (SSSR count). The molecule has 0 aliphatic heterocycles. The van der Waals surface area contributed by atoms with Crippen molar-refractivity contribution in [1.82, 2.24) is 20.5 Å². The summed E-state index contributed by atoms with van der Waals surface area (Å²) in [5.74, 6) is -4.20. The first-order valence-electron chi connectivity index (χ1n) is 8.63. The highest BCUT2D eigenvalue weighted by Crippen LogP contribution is 2.22. The van der Waals surface area contributed by atoms with Crippen LogP contribution < -0.4 is 15.4 Å². The van der Waals surface area contributed by atoms with Crippen LogP contribution in [0.4, 0.5) is 20.3 Å². The zero-order chi connectivity index (χ0) is 22.6. The number of hydrogen-bond acceptors (Lipinski definition) is 6. The Hall–Kier alpha value is -3.87. The number of nitrogens with zero attached hydrogens (tertiary/aromatic N) is 2. The highest BCUT2D eigenvalue weighted by Gasteiger charge is 2.20. The van der Waals surface area contributed by atoms with Crippen molar-refractivity contribution in [1.29, 1.82) is 0 Å². The lowest BCUT2D eigenvalue weighted by molar-refractivity contribution is 0.0945. The van der Waals surface area contributed by atoms with Crippen LogP contribution in [0.1, 0.15) is 26.4 Å². The van der Waals surface area contributed by atoms with Crippen molar-refractivity contribution in [3.8, 4) is 0 Å². The van der Waals surface area contributed by atoms with E-state index >= 15 is 0 Å². The second-order valence-corrected chi connectivity index (χ2v) is 8.10. The molecule has 0 radical (unpaired) electrons. The van der Waals surface area contributed by atoms with E-state index in [0.29, 0.717) is 12.1 Å². The summed E-state index contributed by atoms with van der Waals surface area (Å²) in [5, 5.41) is 11.1. The van der Waals surface area contributed by atoms with E-state index in [0.717, 1.165) is 11.8 Å². The zero-order valence-electron chi connectivity index (χ0n) is 15.9. The number of aromatic amines is 1. The van der Waals surface area contributed by atoms with Gasteiger partial charge in [0.2, 0.25) is 10.0 Å². The van der Waals surface area contributed by atoms with Crippen LogP contribution in [0.25, 0.3) is 0 Å². The Morgan fingerprint density at radius 3 is 2.55 bits per heavy atom. The van der Waals surface area contributed by atoms with Crippen LogP contribution in [0.15, 0.2) is 42.7 Å². The molecule has 2 heterocycles. The average molecular weight is 450 g/mol. The van der Waals surface area contributed by atoms with Crippen molar-refractivity contribution >= 4 is 33.3 Å². The molecule has 0 aliphatic carbocycles. The molecule has 3 aromatic rings. The van der Waals surface area contributed by atoms with Crippen LogP contribution in [-0.4, -0.2) is 41.7 Å². The van der Waals surface area contributed by atoms with Crippen molar-refractivity contribution in [2.45, 2.75) is 6.54 Å².